The molecular weight excluding hydrogens is 324 g/mol. The van der Waals surface area contributed by atoms with E-state index < -0.39 is 30.5 Å². The third-order valence-corrected chi connectivity index (χ3v) is 3.47. The summed E-state index contributed by atoms with van der Waals surface area (Å²) in [5.41, 5.74) is -0.857. The monoisotopic (exact) mass is 332 g/mol. The fourth-order valence-electron chi connectivity index (χ4n) is 2.26. The Labute approximate surface area is 124 Å². The first kappa shape index (κ1) is 14.7. The van der Waals surface area contributed by atoms with Crippen LogP contribution >= 0.6 is 12.2 Å². The van der Waals surface area contributed by atoms with Crippen molar-refractivity contribution < 1.29 is 17.6 Å². The lowest BCUT2D eigenvalue weighted by molar-refractivity contribution is -0.136. The molecule has 0 unspecified atom stereocenters. The summed E-state index contributed by atoms with van der Waals surface area (Å²) in [7, 11) is 0. The molecule has 0 fully saturated rings. The maximum absolute atomic E-state index is 14.0. The number of nitrogens with zero attached hydrogens (tertiary/aromatic N) is 3. The summed E-state index contributed by atoms with van der Waals surface area (Å²) in [6, 6.07) is 3.78. The zero-order valence-corrected chi connectivity index (χ0v) is 11.6. The third-order valence-electron chi connectivity index (χ3n) is 3.20. The summed E-state index contributed by atoms with van der Waals surface area (Å²) in [5, 5.41) is 6.05. The Kier molecular flexibility index (Phi) is 3.28. The second-order valence-electron chi connectivity index (χ2n) is 4.62. The van der Waals surface area contributed by atoms with Crippen LogP contribution < -0.4 is 5.56 Å². The van der Waals surface area contributed by atoms with Crippen LogP contribution in [-0.4, -0.2) is 25.3 Å². The van der Waals surface area contributed by atoms with E-state index in [9.17, 15) is 22.4 Å². The van der Waals surface area contributed by atoms with E-state index in [1.807, 2.05) is 0 Å². The van der Waals surface area contributed by atoms with Crippen molar-refractivity contribution in [2.24, 2.45) is 0 Å². The largest absolute Gasteiger partial charge is 0.390 e. The van der Waals surface area contributed by atoms with Crippen LogP contribution in [0.5, 0.6) is 0 Å². The summed E-state index contributed by atoms with van der Waals surface area (Å²) in [6.45, 7) is -0.627. The van der Waals surface area contributed by atoms with E-state index in [-0.39, 0.29) is 21.5 Å². The molecular formula is C12H8F4N4OS. The molecule has 2 aromatic heterocycles. The molecule has 0 aliphatic rings. The van der Waals surface area contributed by atoms with Gasteiger partial charge in [-0.1, -0.05) is 6.07 Å². The lowest BCUT2D eigenvalue weighted by atomic mass is 10.2. The number of H-pyrrole nitrogens is 1. The molecule has 0 aliphatic carbocycles. The van der Waals surface area contributed by atoms with E-state index in [0.29, 0.717) is 0 Å². The number of para-hydroxylation sites is 1. The van der Waals surface area contributed by atoms with Gasteiger partial charge in [-0.25, -0.2) is 9.49 Å². The fraction of sp³-hybridized carbons (Fsp3) is 0.250. The number of aryl methyl sites for hydroxylation is 1. The number of hydrogen-bond acceptors (Lipinski definition) is 3. The Morgan fingerprint density at radius 3 is 2.73 bits per heavy atom. The Morgan fingerprint density at radius 1 is 1.32 bits per heavy atom. The van der Waals surface area contributed by atoms with Crippen LogP contribution in [0.25, 0.3) is 16.7 Å². The molecule has 0 aliphatic heterocycles. The van der Waals surface area contributed by atoms with Crippen LogP contribution in [0.4, 0.5) is 17.6 Å². The van der Waals surface area contributed by atoms with Crippen molar-refractivity contribution in [1.29, 1.82) is 0 Å². The second-order valence-corrected chi connectivity index (χ2v) is 5.01. The number of hydrogen-bond donors (Lipinski definition) is 1. The standard InChI is InChI=1S/C12H8F4N4OS/c13-7-3-1-2-6-8(7)20-10(17-18-11(20)22)19(9(6)21)5-4-12(14,15)16/h1-3H,4-5H2,(H,18,22). The van der Waals surface area contributed by atoms with Gasteiger partial charge in [0, 0.05) is 6.54 Å². The molecule has 0 atom stereocenters. The van der Waals surface area contributed by atoms with Crippen LogP contribution in [0, 0.1) is 10.6 Å². The quantitative estimate of drug-likeness (QED) is 0.580. The van der Waals surface area contributed by atoms with E-state index in [1.54, 1.807) is 0 Å². The van der Waals surface area contributed by atoms with Crippen molar-refractivity contribution >= 4 is 28.9 Å². The summed E-state index contributed by atoms with van der Waals surface area (Å²) in [4.78, 5) is 12.3. The van der Waals surface area contributed by atoms with Crippen LogP contribution in [0.1, 0.15) is 6.42 Å². The van der Waals surface area contributed by atoms with Crippen molar-refractivity contribution in [3.8, 4) is 0 Å². The topological polar surface area (TPSA) is 55.1 Å². The third kappa shape index (κ3) is 2.28. The second kappa shape index (κ2) is 4.90. The van der Waals surface area contributed by atoms with E-state index in [2.05, 4.69) is 10.2 Å². The summed E-state index contributed by atoms with van der Waals surface area (Å²) < 4.78 is 53.2. The van der Waals surface area contributed by atoms with Crippen LogP contribution in [-0.2, 0) is 6.54 Å². The number of aromatic nitrogens is 4. The van der Waals surface area contributed by atoms with Gasteiger partial charge in [-0.2, -0.15) is 13.2 Å². The Balaban J connectivity index is 2.39. The van der Waals surface area contributed by atoms with Crippen molar-refractivity contribution in [2.45, 2.75) is 19.1 Å². The molecule has 116 valence electrons. The summed E-state index contributed by atoms with van der Waals surface area (Å²) >= 11 is 4.98. The van der Waals surface area contributed by atoms with Crippen LogP contribution in [0.2, 0.25) is 0 Å². The smallest absolute Gasteiger partial charge is 0.276 e. The van der Waals surface area contributed by atoms with E-state index >= 15 is 0 Å². The zero-order chi connectivity index (χ0) is 16.1. The number of rotatable bonds is 2. The molecule has 0 amide bonds. The van der Waals surface area contributed by atoms with Gasteiger partial charge in [0.25, 0.3) is 5.56 Å². The predicted molar refractivity (Wildman–Crippen MR) is 72.8 cm³/mol. The Hall–Kier alpha value is -2.23. The molecule has 3 rings (SSSR count). The summed E-state index contributed by atoms with van der Waals surface area (Å²) in [5.74, 6) is -0.864. The molecule has 3 aromatic rings. The highest BCUT2D eigenvalue weighted by Crippen LogP contribution is 2.22. The van der Waals surface area contributed by atoms with E-state index in [4.69, 9.17) is 12.2 Å². The van der Waals surface area contributed by atoms with Gasteiger partial charge in [-0.3, -0.25) is 13.8 Å². The van der Waals surface area contributed by atoms with Crippen LogP contribution in [0.15, 0.2) is 23.0 Å². The Bertz CT molecular complexity index is 985. The van der Waals surface area contributed by atoms with Gasteiger partial charge in [0.2, 0.25) is 10.5 Å². The fourth-order valence-corrected chi connectivity index (χ4v) is 2.48. The molecule has 0 saturated carbocycles. The number of alkyl halides is 3. The number of halogens is 4. The maximum atomic E-state index is 14.0. The van der Waals surface area contributed by atoms with Gasteiger partial charge < -0.3 is 0 Å². The molecule has 5 nitrogen and oxygen atoms in total. The molecule has 10 heteroatoms. The number of fused-ring (bicyclic) bond motifs is 3. The number of nitrogens with one attached hydrogen (secondary N) is 1. The maximum Gasteiger partial charge on any atom is 0.390 e. The minimum absolute atomic E-state index is 0.00846. The molecule has 0 spiro atoms. The number of aromatic amines is 1. The molecule has 0 radical (unpaired) electrons. The highest BCUT2D eigenvalue weighted by atomic mass is 32.1. The first-order valence-corrected chi connectivity index (χ1v) is 6.55. The van der Waals surface area contributed by atoms with Gasteiger partial charge in [-0.05, 0) is 24.4 Å². The highest BCUT2D eigenvalue weighted by molar-refractivity contribution is 7.71. The van der Waals surface area contributed by atoms with E-state index in [0.717, 1.165) is 15.0 Å². The van der Waals surface area contributed by atoms with Crippen LogP contribution in [0.3, 0.4) is 0 Å². The van der Waals surface area contributed by atoms with Crippen molar-refractivity contribution in [2.75, 3.05) is 0 Å². The SMILES string of the molecule is O=c1c2cccc(F)c2n2c(=S)[nH]nc2n1CCC(F)(F)F. The van der Waals surface area contributed by atoms with Gasteiger partial charge in [0.15, 0.2) is 0 Å². The summed E-state index contributed by atoms with van der Waals surface area (Å²) in [6.07, 6.45) is -5.64. The highest BCUT2D eigenvalue weighted by Gasteiger charge is 2.28. The molecule has 2 heterocycles. The average Bonchev–Trinajstić information content (AvgIpc) is 2.79. The van der Waals surface area contributed by atoms with E-state index in [1.165, 1.54) is 12.1 Å². The minimum Gasteiger partial charge on any atom is -0.276 e. The van der Waals surface area contributed by atoms with Gasteiger partial charge in [0.1, 0.15) is 5.82 Å². The zero-order valence-electron chi connectivity index (χ0n) is 10.8. The van der Waals surface area contributed by atoms with Gasteiger partial charge in [0.05, 0.1) is 17.3 Å². The molecule has 0 saturated heterocycles. The molecule has 1 N–H and O–H groups in total. The van der Waals surface area contributed by atoms with Crippen molar-refractivity contribution in [1.82, 2.24) is 19.2 Å². The molecule has 22 heavy (non-hydrogen) atoms. The minimum atomic E-state index is -4.43. The molecule has 0 bridgehead atoms. The first-order chi connectivity index (χ1) is 10.3. The lowest BCUT2D eigenvalue weighted by Crippen LogP contribution is -2.26. The predicted octanol–water partition coefficient (Wildman–Crippen LogP) is 2.80. The van der Waals surface area contributed by atoms with Gasteiger partial charge in [-0.15, -0.1) is 5.10 Å². The molecule has 1 aromatic carbocycles. The lowest BCUT2D eigenvalue weighted by Gasteiger charge is -2.11. The van der Waals surface area contributed by atoms with Crippen molar-refractivity contribution in [3.63, 3.8) is 0 Å². The Morgan fingerprint density at radius 2 is 2.05 bits per heavy atom. The van der Waals surface area contributed by atoms with Gasteiger partial charge >= 0.3 is 6.18 Å². The first-order valence-electron chi connectivity index (χ1n) is 6.14. The number of benzene rings is 1. The van der Waals surface area contributed by atoms with Crippen molar-refractivity contribution in [3.05, 3.63) is 39.1 Å². The normalized spacial score (nSPS) is 12.4. The average molecular weight is 332 g/mol.